The van der Waals surface area contributed by atoms with E-state index in [1.807, 2.05) is 0 Å². The van der Waals surface area contributed by atoms with E-state index < -0.39 is 0 Å². The standard InChI is InChI=1S/C15H33N3/c1-14(2)12-18(13-15(3)4)11-10-17-8-5-6-16-7-9-17/h14-16H,5-13H2,1-4H3. The molecule has 0 aromatic carbocycles. The summed E-state index contributed by atoms with van der Waals surface area (Å²) in [5, 5.41) is 3.47. The Bertz CT molecular complexity index is 186. The number of hydrogen-bond donors (Lipinski definition) is 1. The van der Waals surface area contributed by atoms with Gasteiger partial charge in [-0.1, -0.05) is 27.7 Å². The van der Waals surface area contributed by atoms with Crippen LogP contribution in [0.5, 0.6) is 0 Å². The SMILES string of the molecule is CC(C)CN(CCN1CCCNCC1)CC(C)C. The van der Waals surface area contributed by atoms with E-state index in [4.69, 9.17) is 0 Å². The first-order chi connectivity index (χ1) is 8.58. The first-order valence-electron chi connectivity index (χ1n) is 7.73. The summed E-state index contributed by atoms with van der Waals surface area (Å²) in [5.41, 5.74) is 0. The Balaban J connectivity index is 2.29. The zero-order chi connectivity index (χ0) is 13.4. The fourth-order valence-corrected chi connectivity index (χ4v) is 2.70. The molecule has 1 saturated heterocycles. The molecule has 0 aromatic rings. The van der Waals surface area contributed by atoms with Gasteiger partial charge in [0.15, 0.2) is 0 Å². The lowest BCUT2D eigenvalue weighted by Crippen LogP contribution is -2.39. The summed E-state index contributed by atoms with van der Waals surface area (Å²) in [5.74, 6) is 1.55. The van der Waals surface area contributed by atoms with E-state index in [0.717, 1.165) is 18.4 Å². The number of nitrogens with one attached hydrogen (secondary N) is 1. The van der Waals surface area contributed by atoms with Crippen LogP contribution in [0.2, 0.25) is 0 Å². The minimum Gasteiger partial charge on any atom is -0.315 e. The van der Waals surface area contributed by atoms with Crippen molar-refractivity contribution >= 4 is 0 Å². The molecule has 0 spiro atoms. The van der Waals surface area contributed by atoms with Gasteiger partial charge in [-0.05, 0) is 31.3 Å². The molecule has 1 heterocycles. The molecule has 0 saturated carbocycles. The molecule has 0 bridgehead atoms. The number of rotatable bonds is 7. The van der Waals surface area contributed by atoms with Crippen LogP contribution in [-0.4, -0.2) is 62.2 Å². The highest BCUT2D eigenvalue weighted by Crippen LogP contribution is 2.04. The van der Waals surface area contributed by atoms with Crippen LogP contribution in [0.4, 0.5) is 0 Å². The molecule has 18 heavy (non-hydrogen) atoms. The molecule has 0 aromatic heterocycles. The summed E-state index contributed by atoms with van der Waals surface area (Å²) < 4.78 is 0. The predicted molar refractivity (Wildman–Crippen MR) is 80.0 cm³/mol. The fraction of sp³-hybridized carbons (Fsp3) is 1.00. The minimum absolute atomic E-state index is 0.773. The Morgan fingerprint density at radius 2 is 1.67 bits per heavy atom. The van der Waals surface area contributed by atoms with E-state index in [0.29, 0.717) is 0 Å². The van der Waals surface area contributed by atoms with Crippen LogP contribution in [0.3, 0.4) is 0 Å². The van der Waals surface area contributed by atoms with Gasteiger partial charge < -0.3 is 15.1 Å². The van der Waals surface area contributed by atoms with Gasteiger partial charge >= 0.3 is 0 Å². The molecular formula is C15H33N3. The van der Waals surface area contributed by atoms with E-state index >= 15 is 0 Å². The smallest absolute Gasteiger partial charge is 0.0110 e. The van der Waals surface area contributed by atoms with Gasteiger partial charge in [0.1, 0.15) is 0 Å². The third kappa shape index (κ3) is 7.34. The first kappa shape index (κ1) is 15.9. The molecule has 0 atom stereocenters. The van der Waals surface area contributed by atoms with E-state index in [9.17, 15) is 0 Å². The normalized spacial score (nSPS) is 18.8. The molecule has 3 nitrogen and oxygen atoms in total. The van der Waals surface area contributed by atoms with E-state index in [1.165, 1.54) is 52.2 Å². The lowest BCUT2D eigenvalue weighted by atomic mass is 10.1. The average Bonchev–Trinajstić information content (AvgIpc) is 2.52. The zero-order valence-corrected chi connectivity index (χ0v) is 12.9. The van der Waals surface area contributed by atoms with Gasteiger partial charge in [-0.2, -0.15) is 0 Å². The third-order valence-electron chi connectivity index (χ3n) is 3.41. The summed E-state index contributed by atoms with van der Waals surface area (Å²) in [6.45, 7) is 19.1. The Hall–Kier alpha value is -0.120. The maximum Gasteiger partial charge on any atom is 0.0110 e. The van der Waals surface area contributed by atoms with Gasteiger partial charge in [0, 0.05) is 39.3 Å². The lowest BCUT2D eigenvalue weighted by molar-refractivity contribution is 0.180. The van der Waals surface area contributed by atoms with E-state index in [2.05, 4.69) is 42.8 Å². The second kappa shape index (κ2) is 8.89. The van der Waals surface area contributed by atoms with Crippen molar-refractivity contribution in [3.8, 4) is 0 Å². The van der Waals surface area contributed by atoms with Crippen molar-refractivity contribution in [1.82, 2.24) is 15.1 Å². The Kier molecular flexibility index (Phi) is 7.87. The maximum absolute atomic E-state index is 3.47. The Labute approximate surface area is 114 Å². The van der Waals surface area contributed by atoms with Crippen LogP contribution in [0.15, 0.2) is 0 Å². The number of hydrogen-bond acceptors (Lipinski definition) is 3. The Morgan fingerprint density at radius 3 is 2.28 bits per heavy atom. The van der Waals surface area contributed by atoms with Gasteiger partial charge in [0.05, 0.1) is 0 Å². The molecule has 1 aliphatic heterocycles. The summed E-state index contributed by atoms with van der Waals surface area (Å²) in [6.07, 6.45) is 1.30. The first-order valence-corrected chi connectivity index (χ1v) is 7.73. The van der Waals surface area contributed by atoms with Crippen LogP contribution >= 0.6 is 0 Å². The van der Waals surface area contributed by atoms with Crippen LogP contribution in [0.1, 0.15) is 34.1 Å². The largest absolute Gasteiger partial charge is 0.315 e. The van der Waals surface area contributed by atoms with Crippen molar-refractivity contribution in [3.63, 3.8) is 0 Å². The van der Waals surface area contributed by atoms with E-state index in [1.54, 1.807) is 0 Å². The summed E-state index contributed by atoms with van der Waals surface area (Å²) in [4.78, 5) is 5.27. The molecule has 0 unspecified atom stereocenters. The van der Waals surface area contributed by atoms with Gasteiger partial charge in [0.2, 0.25) is 0 Å². The molecule has 108 valence electrons. The summed E-state index contributed by atoms with van der Waals surface area (Å²) in [6, 6.07) is 0. The molecule has 1 aliphatic rings. The van der Waals surface area contributed by atoms with Crippen molar-refractivity contribution in [2.45, 2.75) is 34.1 Å². The van der Waals surface area contributed by atoms with Crippen LogP contribution in [0, 0.1) is 11.8 Å². The quantitative estimate of drug-likeness (QED) is 0.749. The third-order valence-corrected chi connectivity index (χ3v) is 3.41. The van der Waals surface area contributed by atoms with Gasteiger partial charge in [0.25, 0.3) is 0 Å². The van der Waals surface area contributed by atoms with Crippen molar-refractivity contribution in [1.29, 1.82) is 0 Å². The molecular weight excluding hydrogens is 222 g/mol. The Morgan fingerprint density at radius 1 is 1.00 bits per heavy atom. The molecule has 0 radical (unpaired) electrons. The lowest BCUT2D eigenvalue weighted by Gasteiger charge is -2.29. The van der Waals surface area contributed by atoms with Crippen LogP contribution in [0.25, 0.3) is 0 Å². The van der Waals surface area contributed by atoms with Gasteiger partial charge in [-0.15, -0.1) is 0 Å². The molecule has 3 heteroatoms. The van der Waals surface area contributed by atoms with Gasteiger partial charge in [-0.3, -0.25) is 0 Å². The van der Waals surface area contributed by atoms with E-state index in [-0.39, 0.29) is 0 Å². The molecule has 0 aliphatic carbocycles. The zero-order valence-electron chi connectivity index (χ0n) is 12.9. The van der Waals surface area contributed by atoms with Crippen LogP contribution < -0.4 is 5.32 Å². The minimum atomic E-state index is 0.773. The summed E-state index contributed by atoms with van der Waals surface area (Å²) in [7, 11) is 0. The predicted octanol–water partition coefficient (Wildman–Crippen LogP) is 1.90. The van der Waals surface area contributed by atoms with Crippen LogP contribution in [-0.2, 0) is 0 Å². The maximum atomic E-state index is 3.47. The molecule has 1 fully saturated rings. The topological polar surface area (TPSA) is 18.5 Å². The van der Waals surface area contributed by atoms with Crippen molar-refractivity contribution in [3.05, 3.63) is 0 Å². The van der Waals surface area contributed by atoms with Gasteiger partial charge in [-0.25, -0.2) is 0 Å². The second-order valence-corrected chi connectivity index (χ2v) is 6.49. The molecule has 1 rings (SSSR count). The summed E-state index contributed by atoms with van der Waals surface area (Å²) >= 11 is 0. The highest BCUT2D eigenvalue weighted by atomic mass is 15.2. The monoisotopic (exact) mass is 255 g/mol. The van der Waals surface area contributed by atoms with Crippen molar-refractivity contribution in [2.75, 3.05) is 52.4 Å². The highest BCUT2D eigenvalue weighted by molar-refractivity contribution is 4.69. The van der Waals surface area contributed by atoms with Crippen molar-refractivity contribution < 1.29 is 0 Å². The average molecular weight is 255 g/mol. The molecule has 0 amide bonds. The highest BCUT2D eigenvalue weighted by Gasteiger charge is 2.13. The fourth-order valence-electron chi connectivity index (χ4n) is 2.70. The number of nitrogens with zero attached hydrogens (tertiary/aromatic N) is 2. The second-order valence-electron chi connectivity index (χ2n) is 6.49. The molecule has 1 N–H and O–H groups in total. The van der Waals surface area contributed by atoms with Crippen molar-refractivity contribution in [2.24, 2.45) is 11.8 Å².